The molecule has 1 unspecified atom stereocenters. The van der Waals surface area contributed by atoms with E-state index in [1.807, 2.05) is 0 Å². The first-order chi connectivity index (χ1) is 8.49. The summed E-state index contributed by atoms with van der Waals surface area (Å²) in [5.74, 6) is -1.35. The van der Waals surface area contributed by atoms with E-state index in [-0.39, 0.29) is 17.9 Å². The zero-order chi connectivity index (χ0) is 13.3. The Labute approximate surface area is 104 Å². The summed E-state index contributed by atoms with van der Waals surface area (Å²) >= 11 is 0. The van der Waals surface area contributed by atoms with E-state index in [1.165, 1.54) is 0 Å². The third-order valence-corrected chi connectivity index (χ3v) is 3.02. The molecule has 0 saturated heterocycles. The summed E-state index contributed by atoms with van der Waals surface area (Å²) in [5, 5.41) is 29.8. The van der Waals surface area contributed by atoms with Crippen LogP contribution in [0, 0.1) is 5.92 Å². The number of aliphatic carboxylic acids is 1. The molecular weight excluding hydrogens is 232 g/mol. The van der Waals surface area contributed by atoms with Gasteiger partial charge in [0, 0.05) is 5.56 Å². The van der Waals surface area contributed by atoms with Gasteiger partial charge in [0.05, 0.1) is 5.92 Å². The Morgan fingerprint density at radius 1 is 1.22 bits per heavy atom. The highest BCUT2D eigenvalue weighted by Gasteiger charge is 2.16. The van der Waals surface area contributed by atoms with Gasteiger partial charge in [-0.1, -0.05) is 19.1 Å². The average Bonchev–Trinajstić information content (AvgIpc) is 2.32. The highest BCUT2D eigenvalue weighted by Crippen LogP contribution is 2.31. The van der Waals surface area contributed by atoms with Crippen LogP contribution in [0.5, 0.6) is 11.5 Å². The molecule has 94 valence electrons. The van der Waals surface area contributed by atoms with Crippen molar-refractivity contribution in [3.05, 3.63) is 35.9 Å². The summed E-state index contributed by atoms with van der Waals surface area (Å²) in [6, 6.07) is 8.12. The standard InChI is InChI=1S/C14H14O4/c1-8(14(17)18)6-12-11-7-10(15)4-2-9(11)3-5-13(12)16/h2-5,7-8,15-16H,6H2,1H3,(H,17,18). The molecule has 0 aromatic heterocycles. The zero-order valence-corrected chi connectivity index (χ0v) is 9.92. The van der Waals surface area contributed by atoms with Crippen LogP contribution < -0.4 is 0 Å². The lowest BCUT2D eigenvalue weighted by Gasteiger charge is -2.12. The molecule has 0 fully saturated rings. The summed E-state index contributed by atoms with van der Waals surface area (Å²) in [6.07, 6.45) is 0.224. The average molecular weight is 246 g/mol. The van der Waals surface area contributed by atoms with E-state index in [4.69, 9.17) is 5.11 Å². The molecule has 0 bridgehead atoms. The fourth-order valence-corrected chi connectivity index (χ4v) is 1.97. The van der Waals surface area contributed by atoms with Crippen molar-refractivity contribution in [1.82, 2.24) is 0 Å². The molecule has 0 spiro atoms. The minimum Gasteiger partial charge on any atom is -0.508 e. The number of carboxylic acid groups (broad SMARTS) is 1. The first-order valence-electron chi connectivity index (χ1n) is 5.65. The molecule has 0 aliphatic rings. The maximum absolute atomic E-state index is 10.9. The highest BCUT2D eigenvalue weighted by molar-refractivity contribution is 5.89. The van der Waals surface area contributed by atoms with E-state index in [9.17, 15) is 15.0 Å². The first kappa shape index (κ1) is 12.2. The van der Waals surface area contributed by atoms with Crippen molar-refractivity contribution in [2.45, 2.75) is 13.3 Å². The van der Waals surface area contributed by atoms with Crippen LogP contribution in [-0.4, -0.2) is 21.3 Å². The van der Waals surface area contributed by atoms with Gasteiger partial charge >= 0.3 is 5.97 Å². The predicted octanol–water partition coefficient (Wildman–Crippen LogP) is 2.51. The molecule has 0 saturated carbocycles. The maximum atomic E-state index is 10.9. The molecule has 2 aromatic carbocycles. The van der Waals surface area contributed by atoms with E-state index in [2.05, 4.69) is 0 Å². The van der Waals surface area contributed by atoms with Gasteiger partial charge in [-0.15, -0.1) is 0 Å². The highest BCUT2D eigenvalue weighted by atomic mass is 16.4. The van der Waals surface area contributed by atoms with E-state index in [0.717, 1.165) is 5.39 Å². The summed E-state index contributed by atoms with van der Waals surface area (Å²) in [7, 11) is 0. The predicted molar refractivity (Wildman–Crippen MR) is 67.8 cm³/mol. The van der Waals surface area contributed by atoms with Gasteiger partial charge in [0.15, 0.2) is 0 Å². The quantitative estimate of drug-likeness (QED) is 0.777. The summed E-state index contributed by atoms with van der Waals surface area (Å²) in [5.41, 5.74) is 0.554. The van der Waals surface area contributed by atoms with Gasteiger partial charge in [-0.3, -0.25) is 4.79 Å². The normalized spacial score (nSPS) is 12.5. The number of hydrogen-bond donors (Lipinski definition) is 3. The number of phenolic OH excluding ortho intramolecular Hbond substituents is 2. The lowest BCUT2D eigenvalue weighted by molar-refractivity contribution is -0.141. The lowest BCUT2D eigenvalue weighted by Crippen LogP contribution is -2.12. The molecule has 0 aliphatic carbocycles. The number of phenols is 2. The Morgan fingerprint density at radius 2 is 1.89 bits per heavy atom. The van der Waals surface area contributed by atoms with Crippen LogP contribution in [0.3, 0.4) is 0 Å². The van der Waals surface area contributed by atoms with Gasteiger partial charge in [0.1, 0.15) is 11.5 Å². The van der Waals surface area contributed by atoms with Crippen LogP contribution in [0.25, 0.3) is 10.8 Å². The molecule has 2 rings (SSSR count). The Morgan fingerprint density at radius 3 is 2.56 bits per heavy atom. The summed E-state index contributed by atoms with van der Waals surface area (Å²) < 4.78 is 0. The van der Waals surface area contributed by atoms with Crippen LogP contribution in [0.4, 0.5) is 0 Å². The largest absolute Gasteiger partial charge is 0.508 e. The molecular formula is C14H14O4. The van der Waals surface area contributed by atoms with Gasteiger partial charge in [-0.05, 0) is 35.4 Å². The molecule has 0 heterocycles. The topological polar surface area (TPSA) is 77.8 Å². The molecule has 4 heteroatoms. The van der Waals surface area contributed by atoms with Crippen molar-refractivity contribution in [2.24, 2.45) is 5.92 Å². The first-order valence-corrected chi connectivity index (χ1v) is 5.65. The van der Waals surface area contributed by atoms with Crippen LogP contribution in [0.2, 0.25) is 0 Å². The zero-order valence-electron chi connectivity index (χ0n) is 9.92. The van der Waals surface area contributed by atoms with Crippen molar-refractivity contribution < 1.29 is 20.1 Å². The lowest BCUT2D eigenvalue weighted by atomic mass is 9.95. The SMILES string of the molecule is CC(Cc1c(O)ccc2ccc(O)cc12)C(=O)O. The van der Waals surface area contributed by atoms with Crippen LogP contribution >= 0.6 is 0 Å². The van der Waals surface area contributed by atoms with Crippen molar-refractivity contribution in [2.75, 3.05) is 0 Å². The Hall–Kier alpha value is -2.23. The molecule has 0 radical (unpaired) electrons. The second-order valence-electron chi connectivity index (χ2n) is 4.41. The molecule has 3 N–H and O–H groups in total. The molecule has 2 aromatic rings. The Balaban J connectivity index is 2.56. The number of carboxylic acids is 1. The second kappa shape index (κ2) is 4.56. The fraction of sp³-hybridized carbons (Fsp3) is 0.214. The monoisotopic (exact) mass is 246 g/mol. The maximum Gasteiger partial charge on any atom is 0.306 e. The van der Waals surface area contributed by atoms with Gasteiger partial charge < -0.3 is 15.3 Å². The third-order valence-electron chi connectivity index (χ3n) is 3.02. The Bertz CT molecular complexity index is 599. The summed E-state index contributed by atoms with van der Waals surface area (Å²) in [6.45, 7) is 1.59. The molecule has 1 atom stereocenters. The number of benzene rings is 2. The summed E-state index contributed by atoms with van der Waals surface area (Å²) in [4.78, 5) is 10.9. The minimum absolute atomic E-state index is 0.0567. The fourth-order valence-electron chi connectivity index (χ4n) is 1.97. The number of fused-ring (bicyclic) bond motifs is 1. The van der Waals surface area contributed by atoms with Crippen LogP contribution in [0.15, 0.2) is 30.3 Å². The molecule has 0 amide bonds. The van der Waals surface area contributed by atoms with E-state index in [1.54, 1.807) is 37.3 Å². The van der Waals surface area contributed by atoms with Crippen molar-refractivity contribution in [3.8, 4) is 11.5 Å². The van der Waals surface area contributed by atoms with Crippen molar-refractivity contribution in [3.63, 3.8) is 0 Å². The number of hydrogen-bond acceptors (Lipinski definition) is 3. The van der Waals surface area contributed by atoms with Crippen LogP contribution in [-0.2, 0) is 11.2 Å². The van der Waals surface area contributed by atoms with E-state index < -0.39 is 11.9 Å². The molecule has 0 aliphatic heterocycles. The van der Waals surface area contributed by atoms with Gasteiger partial charge in [-0.25, -0.2) is 0 Å². The van der Waals surface area contributed by atoms with Crippen LogP contribution in [0.1, 0.15) is 12.5 Å². The van der Waals surface area contributed by atoms with Gasteiger partial charge in [0.25, 0.3) is 0 Å². The van der Waals surface area contributed by atoms with E-state index in [0.29, 0.717) is 10.9 Å². The van der Waals surface area contributed by atoms with Crippen molar-refractivity contribution >= 4 is 16.7 Å². The van der Waals surface area contributed by atoms with Gasteiger partial charge in [0.2, 0.25) is 0 Å². The Kier molecular flexibility index (Phi) is 3.10. The number of rotatable bonds is 3. The van der Waals surface area contributed by atoms with E-state index >= 15 is 0 Å². The number of aromatic hydroxyl groups is 2. The van der Waals surface area contributed by atoms with Crippen molar-refractivity contribution in [1.29, 1.82) is 0 Å². The second-order valence-corrected chi connectivity index (χ2v) is 4.41. The number of carbonyl (C=O) groups is 1. The van der Waals surface area contributed by atoms with Gasteiger partial charge in [-0.2, -0.15) is 0 Å². The molecule has 4 nitrogen and oxygen atoms in total. The smallest absolute Gasteiger partial charge is 0.306 e. The molecule has 18 heavy (non-hydrogen) atoms. The third kappa shape index (κ3) is 2.22. The minimum atomic E-state index is -0.911.